The van der Waals surface area contributed by atoms with E-state index in [1.165, 1.54) is 58.8 Å². The Balaban J connectivity index is 0.000000145. The third-order valence-corrected chi connectivity index (χ3v) is 11.3. The van der Waals surface area contributed by atoms with E-state index in [0.29, 0.717) is 0 Å². The van der Waals surface area contributed by atoms with E-state index in [4.69, 9.17) is 0 Å². The van der Waals surface area contributed by atoms with Crippen LogP contribution in [0.1, 0.15) is 44.1 Å². The molecule has 40 heavy (non-hydrogen) atoms. The van der Waals surface area contributed by atoms with Gasteiger partial charge in [0.05, 0.1) is 10.9 Å². The highest BCUT2D eigenvalue weighted by atomic mass is 32.3. The molecule has 0 heterocycles. The highest BCUT2D eigenvalue weighted by Crippen LogP contribution is 2.60. The molecule has 4 saturated carbocycles. The molecule has 0 saturated heterocycles. The summed E-state index contributed by atoms with van der Waals surface area (Å²) >= 11 is 0. The molecule has 0 amide bonds. The summed E-state index contributed by atoms with van der Waals surface area (Å²) < 4.78 is 36.3. The molecule has 4 bridgehead atoms. The molecule has 0 aromatic heterocycles. The monoisotopic (exact) mass is 570 g/mol. The van der Waals surface area contributed by atoms with Gasteiger partial charge in [-0.25, -0.2) is 8.42 Å². The molecule has 6 heteroatoms. The lowest BCUT2D eigenvalue weighted by molar-refractivity contribution is -0.00519. The Morgan fingerprint density at radius 3 is 1.32 bits per heavy atom. The maximum Gasteiger partial charge on any atom is 0.262 e. The molecule has 0 radical (unpaired) electrons. The molecule has 0 spiro atoms. The summed E-state index contributed by atoms with van der Waals surface area (Å²) in [5, 5.41) is 0. The van der Waals surface area contributed by atoms with Crippen LogP contribution in [0.3, 0.4) is 0 Å². The second-order valence-electron chi connectivity index (χ2n) is 11.5. The SMILES string of the molecule is O=S(=O)([O-])Oc1ccc(C23CC4CC(CC(C4)C2)C3)cc1.c1ccc([S+](c2ccccc2)c2ccccc2)cc1. The van der Waals surface area contributed by atoms with Gasteiger partial charge in [0.25, 0.3) is 10.4 Å². The highest BCUT2D eigenvalue weighted by molar-refractivity contribution is 7.97. The average molecular weight is 571 g/mol. The van der Waals surface area contributed by atoms with Gasteiger partial charge in [-0.1, -0.05) is 66.7 Å². The minimum Gasteiger partial charge on any atom is -0.716 e. The van der Waals surface area contributed by atoms with E-state index in [2.05, 4.69) is 95.2 Å². The molecule has 4 aromatic carbocycles. The minimum absolute atomic E-state index is 0.0146. The fourth-order valence-electron chi connectivity index (χ4n) is 7.52. The molecule has 4 aromatic rings. The van der Waals surface area contributed by atoms with Crippen molar-refractivity contribution in [2.75, 3.05) is 0 Å². The summed E-state index contributed by atoms with van der Waals surface area (Å²) in [6.07, 6.45) is 7.98. The lowest BCUT2D eigenvalue weighted by Gasteiger charge is -2.57. The Hall–Kier alpha value is -3.06. The van der Waals surface area contributed by atoms with Crippen molar-refractivity contribution >= 4 is 21.3 Å². The Bertz CT molecular complexity index is 1380. The van der Waals surface area contributed by atoms with Crippen molar-refractivity contribution in [2.45, 2.75) is 58.6 Å². The van der Waals surface area contributed by atoms with Crippen molar-refractivity contribution in [1.82, 2.24) is 0 Å². The quantitative estimate of drug-likeness (QED) is 0.135. The molecule has 206 valence electrons. The van der Waals surface area contributed by atoms with E-state index < -0.39 is 10.4 Å². The number of benzene rings is 4. The normalized spacial score (nSPS) is 24.8. The first-order chi connectivity index (χ1) is 19.4. The topological polar surface area (TPSA) is 66.4 Å². The molecule has 4 aliphatic carbocycles. The first-order valence-electron chi connectivity index (χ1n) is 14.0. The largest absolute Gasteiger partial charge is 0.716 e. The molecule has 0 atom stereocenters. The first-order valence-corrected chi connectivity index (χ1v) is 16.6. The number of hydrogen-bond donors (Lipinski definition) is 0. The van der Waals surface area contributed by atoms with Crippen LogP contribution < -0.4 is 4.18 Å². The lowest BCUT2D eigenvalue weighted by Crippen LogP contribution is -2.48. The summed E-state index contributed by atoms with van der Waals surface area (Å²) in [7, 11) is -4.70. The molecule has 4 fully saturated rings. The second kappa shape index (κ2) is 11.4. The predicted octanol–water partition coefficient (Wildman–Crippen LogP) is 7.78. The fraction of sp³-hybridized carbons (Fsp3) is 0.294. The predicted molar refractivity (Wildman–Crippen MR) is 158 cm³/mol. The maximum absolute atomic E-state index is 10.6. The summed E-state index contributed by atoms with van der Waals surface area (Å²) in [5.41, 5.74) is 1.57. The maximum atomic E-state index is 10.6. The summed E-state index contributed by atoms with van der Waals surface area (Å²) in [4.78, 5) is 4.08. The van der Waals surface area contributed by atoms with Crippen LogP contribution in [0.25, 0.3) is 0 Å². The van der Waals surface area contributed by atoms with Gasteiger partial charge in [-0.3, -0.25) is 0 Å². The highest BCUT2D eigenvalue weighted by Gasteiger charge is 2.51. The van der Waals surface area contributed by atoms with Crippen LogP contribution in [0.4, 0.5) is 0 Å². The first kappa shape index (κ1) is 27.1. The third kappa shape index (κ3) is 6.14. The van der Waals surface area contributed by atoms with E-state index in [-0.39, 0.29) is 22.1 Å². The standard InChI is InChI=1S/C18H15S.C16H20O4S/c1-4-10-16(11-5-1)19(17-12-6-2-7-13-17)18-14-8-3-9-15-18;17-21(18,19)20-15-3-1-14(2-4-15)16-8-11-5-12(9-16)7-13(6-11)10-16/h1-15H;1-4,11-13H,5-10H2,(H,17,18,19)/q+1;/p-1. The van der Waals surface area contributed by atoms with Gasteiger partial charge >= 0.3 is 0 Å². The van der Waals surface area contributed by atoms with Gasteiger partial charge in [-0.05, 0) is 116 Å². The average Bonchev–Trinajstić information content (AvgIpc) is 2.94. The zero-order valence-electron chi connectivity index (χ0n) is 22.4. The third-order valence-electron chi connectivity index (χ3n) is 8.64. The smallest absolute Gasteiger partial charge is 0.262 e. The van der Waals surface area contributed by atoms with Crippen LogP contribution in [0, 0.1) is 17.8 Å². The van der Waals surface area contributed by atoms with Crippen LogP contribution >= 0.6 is 0 Å². The van der Waals surface area contributed by atoms with E-state index in [0.717, 1.165) is 17.8 Å². The second-order valence-corrected chi connectivity index (χ2v) is 14.5. The molecule has 8 rings (SSSR count). The van der Waals surface area contributed by atoms with Crippen LogP contribution in [-0.2, 0) is 26.7 Å². The van der Waals surface area contributed by atoms with Gasteiger partial charge in [0.1, 0.15) is 5.75 Å². The molecule has 0 N–H and O–H groups in total. The lowest BCUT2D eigenvalue weighted by atomic mass is 9.48. The fourth-order valence-corrected chi connectivity index (χ4v) is 9.98. The van der Waals surface area contributed by atoms with Crippen LogP contribution in [0.15, 0.2) is 130 Å². The van der Waals surface area contributed by atoms with Gasteiger partial charge in [0, 0.05) is 0 Å². The molecular formula is C34H34O4S2. The van der Waals surface area contributed by atoms with Crippen molar-refractivity contribution < 1.29 is 17.2 Å². The molecular weight excluding hydrogens is 537 g/mol. The van der Waals surface area contributed by atoms with Crippen LogP contribution in [0.5, 0.6) is 5.75 Å². The minimum atomic E-state index is -4.68. The molecule has 4 nitrogen and oxygen atoms in total. The van der Waals surface area contributed by atoms with Crippen molar-refractivity contribution in [1.29, 1.82) is 0 Å². The Kier molecular flexibility index (Phi) is 7.76. The van der Waals surface area contributed by atoms with Crippen molar-refractivity contribution in [3.05, 3.63) is 121 Å². The Labute approximate surface area is 240 Å². The molecule has 4 aliphatic rings. The van der Waals surface area contributed by atoms with Gasteiger partial charge < -0.3 is 8.74 Å². The van der Waals surface area contributed by atoms with Crippen LogP contribution in [0.2, 0.25) is 0 Å². The number of hydrogen-bond acceptors (Lipinski definition) is 4. The van der Waals surface area contributed by atoms with Gasteiger partial charge in [0.2, 0.25) is 0 Å². The van der Waals surface area contributed by atoms with Crippen molar-refractivity contribution in [2.24, 2.45) is 17.8 Å². The van der Waals surface area contributed by atoms with Gasteiger partial charge in [-0.15, -0.1) is 0 Å². The van der Waals surface area contributed by atoms with E-state index >= 15 is 0 Å². The van der Waals surface area contributed by atoms with Gasteiger partial charge in [0.15, 0.2) is 14.7 Å². The van der Waals surface area contributed by atoms with E-state index in [1.54, 1.807) is 12.1 Å². The summed E-state index contributed by atoms with van der Waals surface area (Å²) in [6.45, 7) is 0. The van der Waals surface area contributed by atoms with Crippen molar-refractivity contribution in [3.63, 3.8) is 0 Å². The zero-order valence-corrected chi connectivity index (χ0v) is 24.0. The zero-order chi connectivity index (χ0) is 27.6. The van der Waals surface area contributed by atoms with Crippen molar-refractivity contribution in [3.8, 4) is 5.75 Å². The van der Waals surface area contributed by atoms with Gasteiger partial charge in [-0.2, -0.15) is 0 Å². The van der Waals surface area contributed by atoms with Crippen LogP contribution in [-0.4, -0.2) is 13.0 Å². The Morgan fingerprint density at radius 1 is 0.600 bits per heavy atom. The summed E-state index contributed by atoms with van der Waals surface area (Å²) in [6, 6.07) is 39.3. The number of rotatable bonds is 6. The molecule has 0 aliphatic heterocycles. The molecule has 0 unspecified atom stereocenters. The Morgan fingerprint density at radius 2 is 0.975 bits per heavy atom. The van der Waals surface area contributed by atoms with E-state index in [9.17, 15) is 13.0 Å². The summed E-state index contributed by atoms with van der Waals surface area (Å²) in [5.74, 6) is 2.72. The van der Waals surface area contributed by atoms with E-state index in [1.807, 2.05) is 12.1 Å².